The molecule has 2 N–H and O–H groups in total. The van der Waals surface area contributed by atoms with E-state index in [-0.39, 0.29) is 16.9 Å². The molecule has 3 aromatic rings. The number of hydrogen-bond donors (Lipinski definition) is 2. The van der Waals surface area contributed by atoms with Crippen molar-refractivity contribution in [2.24, 2.45) is 0 Å². The molecule has 6 heteroatoms. The van der Waals surface area contributed by atoms with Gasteiger partial charge in [-0.1, -0.05) is 32.9 Å². The van der Waals surface area contributed by atoms with E-state index < -0.39 is 0 Å². The predicted octanol–water partition coefficient (Wildman–Crippen LogP) is 4.05. The second-order valence-electron chi connectivity index (χ2n) is 9.20. The Bertz CT molecular complexity index is 1060. The summed E-state index contributed by atoms with van der Waals surface area (Å²) in [5.41, 5.74) is 4.91. The normalized spacial score (nSPS) is 17.6. The number of carbonyl (C=O) groups is 1. The van der Waals surface area contributed by atoms with Crippen molar-refractivity contribution in [3.63, 3.8) is 0 Å². The number of benzene rings is 1. The van der Waals surface area contributed by atoms with Crippen LogP contribution in [0.3, 0.4) is 0 Å². The number of hydrogen-bond acceptors (Lipinski definition) is 3. The standard InChI is InChI=1S/C23H27N5O/c1-22(2,3)19-15-17(25-26-19)21(29)27-13-10-23(11-14-27)20-9-6-12-28(20)18-8-5-4-7-16(18)24-23/h4-9,12,15,24H,10-11,13-14H2,1-3H3,(H,25,26). The van der Waals surface area contributed by atoms with Gasteiger partial charge in [0.05, 0.1) is 16.9 Å². The van der Waals surface area contributed by atoms with Gasteiger partial charge >= 0.3 is 0 Å². The lowest BCUT2D eigenvalue weighted by Gasteiger charge is -2.46. The summed E-state index contributed by atoms with van der Waals surface area (Å²) in [5, 5.41) is 11.1. The molecule has 1 fully saturated rings. The summed E-state index contributed by atoms with van der Waals surface area (Å²) in [6.45, 7) is 7.75. The van der Waals surface area contributed by atoms with E-state index in [4.69, 9.17) is 0 Å². The van der Waals surface area contributed by atoms with Crippen LogP contribution in [0, 0.1) is 0 Å². The molecule has 1 saturated heterocycles. The van der Waals surface area contributed by atoms with E-state index >= 15 is 0 Å². The molecule has 0 saturated carbocycles. The lowest BCUT2D eigenvalue weighted by molar-refractivity contribution is 0.0670. The van der Waals surface area contributed by atoms with Crippen molar-refractivity contribution >= 4 is 11.6 Å². The first kappa shape index (κ1) is 18.0. The fourth-order valence-electron chi connectivity index (χ4n) is 4.54. The molecule has 0 unspecified atom stereocenters. The monoisotopic (exact) mass is 389 g/mol. The molecular weight excluding hydrogens is 362 g/mol. The summed E-state index contributed by atoms with van der Waals surface area (Å²) in [6, 6.07) is 14.6. The molecule has 4 heterocycles. The third-order valence-corrected chi connectivity index (χ3v) is 6.29. The largest absolute Gasteiger partial charge is 0.372 e. The van der Waals surface area contributed by atoms with Gasteiger partial charge in [-0.3, -0.25) is 9.89 Å². The van der Waals surface area contributed by atoms with Crippen molar-refractivity contribution in [1.29, 1.82) is 0 Å². The molecule has 150 valence electrons. The van der Waals surface area contributed by atoms with Crippen LogP contribution in [0.5, 0.6) is 0 Å². The molecule has 0 bridgehead atoms. The fourth-order valence-corrected chi connectivity index (χ4v) is 4.54. The molecule has 29 heavy (non-hydrogen) atoms. The number of fused-ring (bicyclic) bond motifs is 4. The molecule has 0 aliphatic carbocycles. The number of nitrogens with one attached hydrogen (secondary N) is 2. The van der Waals surface area contributed by atoms with Gasteiger partial charge in [0.1, 0.15) is 5.69 Å². The Morgan fingerprint density at radius 2 is 1.86 bits per heavy atom. The van der Waals surface area contributed by atoms with Crippen LogP contribution in [0.4, 0.5) is 5.69 Å². The second-order valence-corrected chi connectivity index (χ2v) is 9.20. The van der Waals surface area contributed by atoms with Crippen LogP contribution < -0.4 is 5.32 Å². The molecule has 2 aliphatic rings. The molecule has 1 amide bonds. The van der Waals surface area contributed by atoms with Gasteiger partial charge in [0.15, 0.2) is 0 Å². The highest BCUT2D eigenvalue weighted by Crippen LogP contribution is 2.43. The minimum Gasteiger partial charge on any atom is -0.372 e. The van der Waals surface area contributed by atoms with E-state index in [1.54, 1.807) is 0 Å². The van der Waals surface area contributed by atoms with Crippen molar-refractivity contribution in [2.75, 3.05) is 18.4 Å². The molecule has 2 aliphatic heterocycles. The average Bonchev–Trinajstić information content (AvgIpc) is 3.38. The van der Waals surface area contributed by atoms with E-state index in [9.17, 15) is 4.79 Å². The van der Waals surface area contributed by atoms with Crippen LogP contribution in [0.15, 0.2) is 48.7 Å². The molecular formula is C23H27N5O. The topological polar surface area (TPSA) is 66.0 Å². The molecule has 6 nitrogen and oxygen atoms in total. The van der Waals surface area contributed by atoms with Crippen LogP contribution in [-0.2, 0) is 11.0 Å². The van der Waals surface area contributed by atoms with Crippen molar-refractivity contribution < 1.29 is 4.79 Å². The summed E-state index contributed by atoms with van der Waals surface area (Å²) in [4.78, 5) is 15.0. The van der Waals surface area contributed by atoms with Crippen molar-refractivity contribution in [2.45, 2.75) is 44.6 Å². The number of nitrogens with zero attached hydrogens (tertiary/aromatic N) is 3. The first-order chi connectivity index (χ1) is 13.9. The first-order valence-corrected chi connectivity index (χ1v) is 10.3. The minimum absolute atomic E-state index is 0.0122. The summed E-state index contributed by atoms with van der Waals surface area (Å²) < 4.78 is 2.28. The van der Waals surface area contributed by atoms with Gasteiger partial charge in [0.25, 0.3) is 5.91 Å². The third kappa shape index (κ3) is 2.85. The van der Waals surface area contributed by atoms with Crippen LogP contribution in [0.25, 0.3) is 5.69 Å². The zero-order chi connectivity index (χ0) is 20.2. The van der Waals surface area contributed by atoms with Gasteiger partial charge < -0.3 is 14.8 Å². The maximum absolute atomic E-state index is 13.0. The van der Waals surface area contributed by atoms with E-state index in [2.05, 4.69) is 83.4 Å². The Kier molecular flexibility index (Phi) is 3.88. The highest BCUT2D eigenvalue weighted by Gasteiger charge is 2.42. The van der Waals surface area contributed by atoms with Gasteiger partial charge in [-0.2, -0.15) is 5.10 Å². The average molecular weight is 390 g/mol. The number of rotatable bonds is 1. The highest BCUT2D eigenvalue weighted by molar-refractivity contribution is 5.92. The van der Waals surface area contributed by atoms with E-state index in [0.717, 1.165) is 24.2 Å². The Balaban J connectivity index is 1.37. The number of piperidine rings is 1. The van der Waals surface area contributed by atoms with Crippen molar-refractivity contribution in [1.82, 2.24) is 19.7 Å². The summed E-state index contributed by atoms with van der Waals surface area (Å²) >= 11 is 0. The quantitative estimate of drug-likeness (QED) is 0.660. The first-order valence-electron chi connectivity index (χ1n) is 10.3. The number of carbonyl (C=O) groups excluding carboxylic acids is 1. The zero-order valence-corrected chi connectivity index (χ0v) is 17.2. The maximum Gasteiger partial charge on any atom is 0.274 e. The van der Waals surface area contributed by atoms with Gasteiger partial charge in [0, 0.05) is 36.1 Å². The van der Waals surface area contributed by atoms with Gasteiger partial charge in [-0.05, 0) is 43.2 Å². The number of likely N-dealkylation sites (tertiary alicyclic amines) is 1. The molecule has 0 atom stereocenters. The number of amides is 1. The SMILES string of the molecule is CC(C)(C)c1cc(C(=O)N2CCC3(CC2)Nc2ccccc2-n2cccc23)n[nH]1. The Hall–Kier alpha value is -3.02. The summed E-state index contributed by atoms with van der Waals surface area (Å²) in [7, 11) is 0. The molecule has 2 aromatic heterocycles. The number of para-hydroxylation sites is 2. The van der Waals surface area contributed by atoms with Crippen LogP contribution in [-0.4, -0.2) is 38.7 Å². The van der Waals surface area contributed by atoms with Gasteiger partial charge in [0.2, 0.25) is 0 Å². The Morgan fingerprint density at radius 1 is 1.10 bits per heavy atom. The van der Waals surface area contributed by atoms with Crippen molar-refractivity contribution in [3.8, 4) is 5.69 Å². The minimum atomic E-state index is -0.142. The number of aromatic nitrogens is 3. The highest BCUT2D eigenvalue weighted by atomic mass is 16.2. The Labute approximate surface area is 170 Å². The lowest BCUT2D eigenvalue weighted by atomic mass is 9.82. The van der Waals surface area contributed by atoms with E-state index in [1.807, 2.05) is 11.0 Å². The Morgan fingerprint density at radius 3 is 2.59 bits per heavy atom. The smallest absolute Gasteiger partial charge is 0.274 e. The van der Waals surface area contributed by atoms with Crippen LogP contribution >= 0.6 is 0 Å². The van der Waals surface area contributed by atoms with Crippen LogP contribution in [0.1, 0.15) is 55.5 Å². The van der Waals surface area contributed by atoms with Gasteiger partial charge in [-0.25, -0.2) is 0 Å². The molecule has 1 aromatic carbocycles. The lowest BCUT2D eigenvalue weighted by Crippen LogP contribution is -2.51. The van der Waals surface area contributed by atoms with E-state index in [0.29, 0.717) is 18.8 Å². The van der Waals surface area contributed by atoms with E-state index in [1.165, 1.54) is 11.4 Å². The van der Waals surface area contributed by atoms with Gasteiger partial charge in [-0.15, -0.1) is 0 Å². The second kappa shape index (κ2) is 6.24. The number of anilines is 1. The maximum atomic E-state index is 13.0. The predicted molar refractivity (Wildman–Crippen MR) is 113 cm³/mol. The van der Waals surface area contributed by atoms with Crippen molar-refractivity contribution in [3.05, 3.63) is 65.7 Å². The number of H-pyrrole nitrogens is 1. The summed E-state index contributed by atoms with van der Waals surface area (Å²) in [6.07, 6.45) is 3.87. The molecule has 1 spiro atoms. The summed E-state index contributed by atoms with van der Waals surface area (Å²) in [5.74, 6) is 0.0122. The zero-order valence-electron chi connectivity index (χ0n) is 17.2. The number of aromatic amines is 1. The third-order valence-electron chi connectivity index (χ3n) is 6.29. The fraction of sp³-hybridized carbons (Fsp3) is 0.391. The molecule has 0 radical (unpaired) electrons. The molecule has 5 rings (SSSR count). The van der Waals surface area contributed by atoms with Crippen LogP contribution in [0.2, 0.25) is 0 Å².